The Labute approximate surface area is 114 Å². The summed E-state index contributed by atoms with van der Waals surface area (Å²) in [5.41, 5.74) is 4.65. The average Bonchev–Trinajstić information content (AvgIpc) is 2.27. The third-order valence-corrected chi connectivity index (χ3v) is 4.13. The van der Waals surface area contributed by atoms with Crippen molar-refractivity contribution < 1.29 is 13.2 Å². The van der Waals surface area contributed by atoms with Crippen LogP contribution in [0.4, 0.5) is 13.2 Å². The van der Waals surface area contributed by atoms with Crippen LogP contribution in [0.5, 0.6) is 0 Å². The Morgan fingerprint density at radius 1 is 1.32 bits per heavy atom. The monoisotopic (exact) mass is 291 g/mol. The highest BCUT2D eigenvalue weighted by molar-refractivity contribution is 7.99. The zero-order valence-electron chi connectivity index (χ0n) is 10.9. The Morgan fingerprint density at radius 2 is 1.89 bits per heavy atom. The molecule has 0 aliphatic carbocycles. The van der Waals surface area contributed by atoms with Gasteiger partial charge in [0, 0.05) is 10.8 Å². The van der Waals surface area contributed by atoms with Gasteiger partial charge >= 0.3 is 6.18 Å². The number of thioether (sulfide) groups is 1. The standard InChI is InChI=1S/C12H16F3N3S/c1-6(2)7(3)19-11-8(10(16)17)4-5-9(18-11)12(13,14)15/h4-7H,1-3H3,(H3,16,17). The number of hydrogen-bond acceptors (Lipinski definition) is 3. The quantitative estimate of drug-likeness (QED) is 0.507. The van der Waals surface area contributed by atoms with Gasteiger partial charge in [0.25, 0.3) is 0 Å². The lowest BCUT2D eigenvalue weighted by Crippen LogP contribution is -2.17. The third-order valence-electron chi connectivity index (χ3n) is 2.68. The molecule has 1 atom stereocenters. The van der Waals surface area contributed by atoms with Gasteiger partial charge in [0.15, 0.2) is 0 Å². The van der Waals surface area contributed by atoms with Crippen LogP contribution in [0.15, 0.2) is 17.2 Å². The summed E-state index contributed by atoms with van der Waals surface area (Å²) in [7, 11) is 0. The molecular weight excluding hydrogens is 275 g/mol. The van der Waals surface area contributed by atoms with E-state index < -0.39 is 11.9 Å². The maximum absolute atomic E-state index is 12.6. The van der Waals surface area contributed by atoms with Gasteiger partial charge in [0.2, 0.25) is 0 Å². The zero-order valence-corrected chi connectivity index (χ0v) is 11.7. The van der Waals surface area contributed by atoms with E-state index >= 15 is 0 Å². The molecule has 0 amide bonds. The van der Waals surface area contributed by atoms with E-state index in [1.165, 1.54) is 17.8 Å². The van der Waals surface area contributed by atoms with Crippen molar-refractivity contribution in [2.45, 2.75) is 37.2 Å². The normalized spacial score (nSPS) is 13.6. The molecule has 106 valence electrons. The van der Waals surface area contributed by atoms with E-state index in [4.69, 9.17) is 11.1 Å². The first kappa shape index (κ1) is 15.8. The van der Waals surface area contributed by atoms with E-state index in [-0.39, 0.29) is 27.6 Å². The van der Waals surface area contributed by atoms with E-state index in [0.29, 0.717) is 0 Å². The lowest BCUT2D eigenvalue weighted by molar-refractivity contribution is -0.141. The maximum atomic E-state index is 12.6. The Bertz CT molecular complexity index is 472. The number of nitrogens with zero attached hydrogens (tertiary/aromatic N) is 1. The van der Waals surface area contributed by atoms with Crippen LogP contribution in [0.25, 0.3) is 0 Å². The van der Waals surface area contributed by atoms with Gasteiger partial charge in [-0.05, 0) is 18.1 Å². The molecule has 1 rings (SSSR count). The number of hydrogen-bond donors (Lipinski definition) is 2. The second kappa shape index (κ2) is 5.81. The summed E-state index contributed by atoms with van der Waals surface area (Å²) < 4.78 is 37.9. The molecule has 0 aliphatic heterocycles. The molecule has 1 heterocycles. The molecule has 0 fully saturated rings. The number of rotatable bonds is 4. The van der Waals surface area contributed by atoms with Gasteiger partial charge in [-0.1, -0.05) is 20.8 Å². The van der Waals surface area contributed by atoms with E-state index in [1.807, 2.05) is 20.8 Å². The van der Waals surface area contributed by atoms with E-state index in [1.54, 1.807) is 0 Å². The first-order valence-corrected chi connectivity index (χ1v) is 6.60. The van der Waals surface area contributed by atoms with Gasteiger partial charge in [-0.3, -0.25) is 5.41 Å². The fourth-order valence-electron chi connectivity index (χ4n) is 1.21. The molecule has 0 aromatic carbocycles. The van der Waals surface area contributed by atoms with Gasteiger partial charge in [-0.15, -0.1) is 11.8 Å². The molecule has 0 saturated heterocycles. The van der Waals surface area contributed by atoms with Gasteiger partial charge in [0.05, 0.1) is 0 Å². The van der Waals surface area contributed by atoms with Crippen LogP contribution in [0.3, 0.4) is 0 Å². The largest absolute Gasteiger partial charge is 0.433 e. The molecular formula is C12H16F3N3S. The molecule has 0 spiro atoms. The smallest absolute Gasteiger partial charge is 0.384 e. The van der Waals surface area contributed by atoms with Crippen molar-refractivity contribution in [3.8, 4) is 0 Å². The van der Waals surface area contributed by atoms with Crippen molar-refractivity contribution in [3.63, 3.8) is 0 Å². The lowest BCUT2D eigenvalue weighted by Gasteiger charge is -2.17. The topological polar surface area (TPSA) is 62.8 Å². The number of alkyl halides is 3. The molecule has 1 unspecified atom stereocenters. The average molecular weight is 291 g/mol. The molecule has 3 N–H and O–H groups in total. The minimum absolute atomic E-state index is 0.0779. The zero-order chi connectivity index (χ0) is 14.8. The minimum atomic E-state index is -4.49. The Hall–Kier alpha value is -1.24. The highest BCUT2D eigenvalue weighted by Crippen LogP contribution is 2.33. The summed E-state index contributed by atoms with van der Waals surface area (Å²) in [5, 5.41) is 7.63. The molecule has 0 saturated carbocycles. The van der Waals surface area contributed by atoms with Gasteiger partial charge in [-0.2, -0.15) is 13.2 Å². The number of aromatic nitrogens is 1. The van der Waals surface area contributed by atoms with Gasteiger partial charge < -0.3 is 5.73 Å². The number of nitrogens with two attached hydrogens (primary N) is 1. The van der Waals surface area contributed by atoms with Gasteiger partial charge in [-0.25, -0.2) is 4.98 Å². The summed E-state index contributed by atoms with van der Waals surface area (Å²) in [6.07, 6.45) is -4.49. The predicted molar refractivity (Wildman–Crippen MR) is 70.4 cm³/mol. The fourth-order valence-corrected chi connectivity index (χ4v) is 2.29. The van der Waals surface area contributed by atoms with Crippen LogP contribution in [0.2, 0.25) is 0 Å². The van der Waals surface area contributed by atoms with Gasteiger partial charge in [0.1, 0.15) is 16.6 Å². The number of halogens is 3. The molecule has 1 aromatic rings. The Balaban J connectivity index is 3.20. The van der Waals surface area contributed by atoms with E-state index in [2.05, 4.69) is 4.98 Å². The Kier molecular flexibility index (Phi) is 4.84. The second-order valence-electron chi connectivity index (χ2n) is 4.53. The van der Waals surface area contributed by atoms with Crippen molar-refractivity contribution in [2.24, 2.45) is 11.7 Å². The molecule has 0 bridgehead atoms. The third kappa shape index (κ3) is 4.12. The Morgan fingerprint density at radius 3 is 2.32 bits per heavy atom. The van der Waals surface area contributed by atoms with Crippen LogP contribution in [0, 0.1) is 11.3 Å². The second-order valence-corrected chi connectivity index (χ2v) is 5.89. The summed E-state index contributed by atoms with van der Waals surface area (Å²) in [4.78, 5) is 3.60. The van der Waals surface area contributed by atoms with Crippen LogP contribution in [-0.4, -0.2) is 16.1 Å². The molecule has 19 heavy (non-hydrogen) atoms. The minimum Gasteiger partial charge on any atom is -0.384 e. The molecule has 7 heteroatoms. The van der Waals surface area contributed by atoms with Crippen LogP contribution in [-0.2, 0) is 6.18 Å². The number of pyridine rings is 1. The summed E-state index contributed by atoms with van der Waals surface area (Å²) in [6, 6.07) is 2.05. The summed E-state index contributed by atoms with van der Waals surface area (Å²) in [6.45, 7) is 5.85. The summed E-state index contributed by atoms with van der Waals surface area (Å²) in [5.74, 6) is 0.000770. The maximum Gasteiger partial charge on any atom is 0.433 e. The van der Waals surface area contributed by atoms with E-state index in [0.717, 1.165) is 6.07 Å². The van der Waals surface area contributed by atoms with Crippen molar-refractivity contribution in [3.05, 3.63) is 23.4 Å². The first-order valence-electron chi connectivity index (χ1n) is 5.72. The van der Waals surface area contributed by atoms with Crippen molar-refractivity contribution in [2.75, 3.05) is 0 Å². The lowest BCUT2D eigenvalue weighted by atomic mass is 10.2. The number of amidine groups is 1. The predicted octanol–water partition coefficient (Wildman–Crippen LogP) is 3.52. The first-order chi connectivity index (χ1) is 8.62. The highest BCUT2D eigenvalue weighted by Gasteiger charge is 2.33. The highest BCUT2D eigenvalue weighted by atomic mass is 32.2. The van der Waals surface area contributed by atoms with E-state index in [9.17, 15) is 13.2 Å². The SMILES string of the molecule is CC(C)C(C)Sc1nc(C(F)(F)F)ccc1C(=N)N. The van der Waals surface area contributed by atoms with Crippen molar-refractivity contribution in [1.82, 2.24) is 4.98 Å². The van der Waals surface area contributed by atoms with Crippen molar-refractivity contribution >= 4 is 17.6 Å². The fraction of sp³-hybridized carbons (Fsp3) is 0.500. The van der Waals surface area contributed by atoms with Crippen LogP contribution >= 0.6 is 11.8 Å². The van der Waals surface area contributed by atoms with Crippen molar-refractivity contribution in [1.29, 1.82) is 5.41 Å². The molecule has 0 aliphatic rings. The number of nitrogens with one attached hydrogen (secondary N) is 1. The molecule has 1 aromatic heterocycles. The molecule has 0 radical (unpaired) electrons. The summed E-state index contributed by atoms with van der Waals surface area (Å²) >= 11 is 1.20. The van der Waals surface area contributed by atoms with Crippen LogP contribution in [0.1, 0.15) is 32.0 Å². The number of nitrogen functional groups attached to an aromatic ring is 1. The molecule has 3 nitrogen and oxygen atoms in total. The van der Waals surface area contributed by atoms with Crippen LogP contribution < -0.4 is 5.73 Å².